The predicted octanol–water partition coefficient (Wildman–Crippen LogP) is 3.07. The maximum Gasteiger partial charge on any atom is 0.191 e. The topological polar surface area (TPSA) is 41.6 Å². The van der Waals surface area contributed by atoms with Crippen molar-refractivity contribution >= 4 is 29.2 Å². The number of nitrogens with two attached hydrogens (primary N) is 1. The standard InChI is InChI=1S/C13H15Cl2N3/c14-10-3-9(4-11(15)5-10)12-6-17-13(16)18(12)7-8-1-2-8/h3-5,8,12H,1-2,6-7H2,(H2,16,17). The molecule has 1 aliphatic heterocycles. The number of guanidine groups is 1. The molecule has 5 heteroatoms. The molecule has 1 saturated carbocycles. The van der Waals surface area contributed by atoms with Gasteiger partial charge in [-0.25, -0.2) is 0 Å². The molecule has 96 valence electrons. The number of halogens is 2. The lowest BCUT2D eigenvalue weighted by atomic mass is 10.1. The molecule has 1 aromatic rings. The maximum atomic E-state index is 6.06. The van der Waals surface area contributed by atoms with Gasteiger partial charge in [-0.2, -0.15) is 0 Å². The van der Waals surface area contributed by atoms with Gasteiger partial charge in [0, 0.05) is 16.6 Å². The molecule has 0 aromatic heterocycles. The molecule has 2 N–H and O–H groups in total. The van der Waals surface area contributed by atoms with Crippen LogP contribution >= 0.6 is 23.2 Å². The zero-order chi connectivity index (χ0) is 12.7. The number of hydrogen-bond acceptors (Lipinski definition) is 3. The Morgan fingerprint density at radius 3 is 2.50 bits per heavy atom. The van der Waals surface area contributed by atoms with E-state index < -0.39 is 0 Å². The molecule has 0 amide bonds. The Balaban J connectivity index is 1.85. The first-order valence-corrected chi connectivity index (χ1v) is 6.91. The summed E-state index contributed by atoms with van der Waals surface area (Å²) in [5.41, 5.74) is 7.06. The summed E-state index contributed by atoms with van der Waals surface area (Å²) in [5, 5.41) is 1.32. The van der Waals surface area contributed by atoms with Crippen LogP contribution in [0.15, 0.2) is 23.2 Å². The first kappa shape index (κ1) is 12.1. The maximum absolute atomic E-state index is 6.06. The fourth-order valence-electron chi connectivity index (χ4n) is 2.38. The van der Waals surface area contributed by atoms with E-state index in [0.717, 1.165) is 18.0 Å². The molecule has 18 heavy (non-hydrogen) atoms. The Labute approximate surface area is 117 Å². The van der Waals surface area contributed by atoms with Crippen LogP contribution in [-0.2, 0) is 0 Å². The van der Waals surface area contributed by atoms with E-state index in [9.17, 15) is 0 Å². The Hall–Kier alpha value is -0.930. The van der Waals surface area contributed by atoms with Gasteiger partial charge in [0.25, 0.3) is 0 Å². The first-order valence-electron chi connectivity index (χ1n) is 6.16. The van der Waals surface area contributed by atoms with Crippen molar-refractivity contribution in [3.05, 3.63) is 33.8 Å². The molecule has 0 saturated heterocycles. The van der Waals surface area contributed by atoms with Gasteiger partial charge in [-0.1, -0.05) is 23.2 Å². The van der Waals surface area contributed by atoms with Crippen LogP contribution in [0.4, 0.5) is 0 Å². The van der Waals surface area contributed by atoms with Crippen molar-refractivity contribution in [1.82, 2.24) is 4.90 Å². The van der Waals surface area contributed by atoms with E-state index in [-0.39, 0.29) is 6.04 Å². The predicted molar refractivity (Wildman–Crippen MR) is 75.1 cm³/mol. The summed E-state index contributed by atoms with van der Waals surface area (Å²) in [6, 6.07) is 5.83. The Morgan fingerprint density at radius 1 is 1.22 bits per heavy atom. The Morgan fingerprint density at radius 2 is 1.89 bits per heavy atom. The van der Waals surface area contributed by atoms with Gasteiger partial charge in [-0.05, 0) is 42.5 Å². The monoisotopic (exact) mass is 283 g/mol. The number of nitrogens with zero attached hydrogens (tertiary/aromatic N) is 2. The van der Waals surface area contributed by atoms with Crippen LogP contribution in [0.5, 0.6) is 0 Å². The van der Waals surface area contributed by atoms with Crippen molar-refractivity contribution in [3.63, 3.8) is 0 Å². The highest BCUT2D eigenvalue weighted by atomic mass is 35.5. The Bertz CT molecular complexity index is 477. The second kappa shape index (κ2) is 4.63. The van der Waals surface area contributed by atoms with Crippen molar-refractivity contribution in [2.45, 2.75) is 18.9 Å². The molecular formula is C13H15Cl2N3. The molecule has 1 aliphatic carbocycles. The Kier molecular flexibility index (Phi) is 3.12. The summed E-state index contributed by atoms with van der Waals surface area (Å²) in [7, 11) is 0. The van der Waals surface area contributed by atoms with Crippen LogP contribution in [0.25, 0.3) is 0 Å². The highest BCUT2D eigenvalue weighted by Gasteiger charge is 2.33. The molecule has 1 atom stereocenters. The summed E-state index contributed by atoms with van der Waals surface area (Å²) in [5.74, 6) is 1.41. The highest BCUT2D eigenvalue weighted by Crippen LogP contribution is 2.35. The molecule has 2 aliphatic rings. The van der Waals surface area contributed by atoms with Crippen LogP contribution in [0.2, 0.25) is 10.0 Å². The second-order valence-electron chi connectivity index (χ2n) is 5.01. The fourth-order valence-corrected chi connectivity index (χ4v) is 2.92. The van der Waals surface area contributed by atoms with Crippen LogP contribution in [-0.4, -0.2) is 23.9 Å². The zero-order valence-corrected chi connectivity index (χ0v) is 11.5. The van der Waals surface area contributed by atoms with E-state index in [1.807, 2.05) is 12.1 Å². The zero-order valence-electron chi connectivity index (χ0n) is 9.94. The lowest BCUT2D eigenvalue weighted by Crippen LogP contribution is -2.37. The van der Waals surface area contributed by atoms with E-state index >= 15 is 0 Å². The number of rotatable bonds is 3. The van der Waals surface area contributed by atoms with Crippen molar-refractivity contribution in [1.29, 1.82) is 0 Å². The van der Waals surface area contributed by atoms with Gasteiger partial charge < -0.3 is 10.6 Å². The highest BCUT2D eigenvalue weighted by molar-refractivity contribution is 6.34. The average Bonchev–Trinajstić information content (AvgIpc) is 3.03. The third-order valence-corrected chi connectivity index (χ3v) is 3.95. The minimum absolute atomic E-state index is 0.182. The first-order chi connectivity index (χ1) is 8.63. The van der Waals surface area contributed by atoms with Crippen molar-refractivity contribution in [2.24, 2.45) is 16.6 Å². The average molecular weight is 284 g/mol. The van der Waals surface area contributed by atoms with Crippen LogP contribution < -0.4 is 5.73 Å². The summed E-state index contributed by atoms with van der Waals surface area (Å²) in [4.78, 5) is 6.53. The summed E-state index contributed by atoms with van der Waals surface area (Å²) in [6.07, 6.45) is 2.60. The van der Waals surface area contributed by atoms with Crippen LogP contribution in [0.1, 0.15) is 24.4 Å². The fraction of sp³-hybridized carbons (Fsp3) is 0.462. The van der Waals surface area contributed by atoms with Gasteiger partial charge in [0.05, 0.1) is 12.6 Å². The van der Waals surface area contributed by atoms with Crippen LogP contribution in [0.3, 0.4) is 0 Å². The molecule has 1 heterocycles. The molecule has 1 fully saturated rings. The van der Waals surface area contributed by atoms with E-state index in [0.29, 0.717) is 22.5 Å². The van der Waals surface area contributed by atoms with Gasteiger partial charge in [0.1, 0.15) is 0 Å². The third-order valence-electron chi connectivity index (χ3n) is 3.52. The van der Waals surface area contributed by atoms with E-state index in [1.54, 1.807) is 6.07 Å². The molecule has 3 nitrogen and oxygen atoms in total. The van der Waals surface area contributed by atoms with E-state index in [2.05, 4.69) is 9.89 Å². The van der Waals surface area contributed by atoms with Crippen molar-refractivity contribution in [2.75, 3.05) is 13.1 Å². The summed E-state index contributed by atoms with van der Waals surface area (Å²) < 4.78 is 0. The molecule has 0 bridgehead atoms. The quantitative estimate of drug-likeness (QED) is 0.926. The molecule has 3 rings (SSSR count). The van der Waals surface area contributed by atoms with Gasteiger partial charge in [0.2, 0.25) is 0 Å². The molecule has 0 spiro atoms. The number of aliphatic imine (C=N–C) groups is 1. The van der Waals surface area contributed by atoms with E-state index in [4.69, 9.17) is 28.9 Å². The SMILES string of the molecule is NC1=NCC(c2cc(Cl)cc(Cl)c2)N1CC1CC1. The molecular weight excluding hydrogens is 269 g/mol. The molecule has 0 radical (unpaired) electrons. The van der Waals surface area contributed by atoms with Crippen LogP contribution in [0, 0.1) is 5.92 Å². The number of benzene rings is 1. The number of hydrogen-bond donors (Lipinski definition) is 1. The van der Waals surface area contributed by atoms with Gasteiger partial charge >= 0.3 is 0 Å². The summed E-state index contributed by atoms with van der Waals surface area (Å²) in [6.45, 7) is 1.68. The van der Waals surface area contributed by atoms with Gasteiger partial charge in [0.15, 0.2) is 5.96 Å². The minimum Gasteiger partial charge on any atom is -0.370 e. The molecule has 1 aromatic carbocycles. The largest absolute Gasteiger partial charge is 0.370 e. The van der Waals surface area contributed by atoms with Crippen molar-refractivity contribution in [3.8, 4) is 0 Å². The minimum atomic E-state index is 0.182. The van der Waals surface area contributed by atoms with Crippen molar-refractivity contribution < 1.29 is 0 Å². The third kappa shape index (κ3) is 2.43. The smallest absolute Gasteiger partial charge is 0.191 e. The normalized spacial score (nSPS) is 23.3. The lowest BCUT2D eigenvalue weighted by Gasteiger charge is -2.26. The lowest BCUT2D eigenvalue weighted by molar-refractivity contribution is 0.334. The van der Waals surface area contributed by atoms with Gasteiger partial charge in [-0.3, -0.25) is 4.99 Å². The van der Waals surface area contributed by atoms with E-state index in [1.165, 1.54) is 12.8 Å². The van der Waals surface area contributed by atoms with Gasteiger partial charge in [-0.15, -0.1) is 0 Å². The second-order valence-corrected chi connectivity index (χ2v) is 5.89. The molecule has 1 unspecified atom stereocenters. The summed E-state index contributed by atoms with van der Waals surface area (Å²) >= 11 is 12.1.